The van der Waals surface area contributed by atoms with Gasteiger partial charge in [-0.1, -0.05) is 22.9 Å². The van der Waals surface area contributed by atoms with Crippen LogP contribution in [-0.2, 0) is 9.53 Å². The number of hydrogen-bond acceptors (Lipinski definition) is 3. The molecule has 1 aromatic rings. The monoisotopic (exact) mass is 286 g/mol. The molecule has 5 heteroatoms. The molecule has 0 bridgehead atoms. The van der Waals surface area contributed by atoms with Crippen LogP contribution >= 0.6 is 15.9 Å². The first-order chi connectivity index (χ1) is 7.72. The van der Waals surface area contributed by atoms with Crippen molar-refractivity contribution < 1.29 is 9.53 Å². The van der Waals surface area contributed by atoms with Gasteiger partial charge in [-0.2, -0.15) is 0 Å². The maximum atomic E-state index is 11.4. The zero-order valence-corrected chi connectivity index (χ0v) is 10.8. The maximum Gasteiger partial charge on any atom is 0.227 e. The highest BCUT2D eigenvalue weighted by Gasteiger charge is 2.03. The Labute approximate surface area is 104 Å². The van der Waals surface area contributed by atoms with Crippen LogP contribution in [-0.4, -0.2) is 24.1 Å². The summed E-state index contributed by atoms with van der Waals surface area (Å²) in [6.45, 7) is 3.18. The van der Waals surface area contributed by atoms with Crippen LogP contribution in [0.1, 0.15) is 19.8 Å². The average Bonchev–Trinajstić information content (AvgIpc) is 2.24. The lowest BCUT2D eigenvalue weighted by molar-refractivity contribution is -0.117. The minimum absolute atomic E-state index is 0.0818. The molecule has 0 aliphatic heterocycles. The van der Waals surface area contributed by atoms with Gasteiger partial charge in [0.25, 0.3) is 0 Å². The molecule has 1 amide bonds. The summed E-state index contributed by atoms with van der Waals surface area (Å²) >= 11 is 3.31. The fourth-order valence-corrected chi connectivity index (χ4v) is 1.42. The van der Waals surface area contributed by atoms with Gasteiger partial charge in [0.05, 0.1) is 13.0 Å². The van der Waals surface area contributed by atoms with E-state index in [0.29, 0.717) is 25.5 Å². The second-order valence-electron chi connectivity index (χ2n) is 3.27. The van der Waals surface area contributed by atoms with Gasteiger partial charge in [-0.25, -0.2) is 4.98 Å². The first-order valence-corrected chi connectivity index (χ1v) is 6.01. The standard InChI is InChI=1S/C11H15BrN2O2/c1-2-6-16-7-4-11(15)14-10-8-9(12)3-5-13-10/h3,5,8H,2,4,6-7H2,1H3,(H,13,14,15). The van der Waals surface area contributed by atoms with Crippen LogP contribution in [0.15, 0.2) is 22.8 Å². The summed E-state index contributed by atoms with van der Waals surface area (Å²) in [4.78, 5) is 15.5. The van der Waals surface area contributed by atoms with Crippen LogP contribution in [0.2, 0.25) is 0 Å². The van der Waals surface area contributed by atoms with Crippen LogP contribution in [0.5, 0.6) is 0 Å². The zero-order chi connectivity index (χ0) is 11.8. The summed E-state index contributed by atoms with van der Waals surface area (Å²) in [6, 6.07) is 3.56. The van der Waals surface area contributed by atoms with E-state index in [1.165, 1.54) is 0 Å². The number of rotatable bonds is 6. The minimum Gasteiger partial charge on any atom is -0.381 e. The number of nitrogens with one attached hydrogen (secondary N) is 1. The van der Waals surface area contributed by atoms with Crippen molar-refractivity contribution in [3.05, 3.63) is 22.8 Å². The first-order valence-electron chi connectivity index (χ1n) is 5.21. The highest BCUT2D eigenvalue weighted by molar-refractivity contribution is 9.10. The molecule has 0 saturated carbocycles. The summed E-state index contributed by atoms with van der Waals surface area (Å²) in [5, 5.41) is 2.70. The SMILES string of the molecule is CCCOCCC(=O)Nc1cc(Br)ccn1. The molecule has 1 N–H and O–H groups in total. The van der Waals surface area contributed by atoms with E-state index in [2.05, 4.69) is 26.2 Å². The van der Waals surface area contributed by atoms with Gasteiger partial charge >= 0.3 is 0 Å². The highest BCUT2D eigenvalue weighted by atomic mass is 79.9. The van der Waals surface area contributed by atoms with E-state index in [1.807, 2.05) is 6.92 Å². The molecule has 0 aromatic carbocycles. The van der Waals surface area contributed by atoms with Gasteiger partial charge in [0.1, 0.15) is 5.82 Å². The van der Waals surface area contributed by atoms with E-state index >= 15 is 0 Å². The molecule has 0 fully saturated rings. The molecule has 4 nitrogen and oxygen atoms in total. The van der Waals surface area contributed by atoms with E-state index in [0.717, 1.165) is 10.9 Å². The Morgan fingerprint density at radius 1 is 1.56 bits per heavy atom. The Morgan fingerprint density at radius 2 is 2.38 bits per heavy atom. The number of amides is 1. The van der Waals surface area contributed by atoms with Gasteiger partial charge in [0.15, 0.2) is 0 Å². The summed E-state index contributed by atoms with van der Waals surface area (Å²) in [7, 11) is 0. The Bertz CT molecular complexity index is 345. The molecule has 0 spiro atoms. The molecule has 88 valence electrons. The largest absolute Gasteiger partial charge is 0.381 e. The zero-order valence-electron chi connectivity index (χ0n) is 9.20. The predicted octanol–water partition coefficient (Wildman–Crippen LogP) is 2.60. The second-order valence-corrected chi connectivity index (χ2v) is 4.19. The molecule has 1 aromatic heterocycles. The van der Waals surface area contributed by atoms with Crippen LogP contribution in [0, 0.1) is 0 Å². The number of pyridine rings is 1. The van der Waals surface area contributed by atoms with Crippen molar-refractivity contribution in [1.82, 2.24) is 4.98 Å². The molecule has 0 unspecified atom stereocenters. The van der Waals surface area contributed by atoms with Gasteiger partial charge in [0, 0.05) is 17.3 Å². The summed E-state index contributed by atoms with van der Waals surface area (Å²) in [6.07, 6.45) is 2.95. The topological polar surface area (TPSA) is 51.2 Å². The third-order valence-electron chi connectivity index (χ3n) is 1.81. The number of aromatic nitrogens is 1. The molecule has 16 heavy (non-hydrogen) atoms. The van der Waals surface area contributed by atoms with Crippen LogP contribution in [0.3, 0.4) is 0 Å². The smallest absolute Gasteiger partial charge is 0.227 e. The van der Waals surface area contributed by atoms with Crippen molar-refractivity contribution in [3.8, 4) is 0 Å². The van der Waals surface area contributed by atoms with E-state index in [1.54, 1.807) is 18.3 Å². The number of nitrogens with zero attached hydrogens (tertiary/aromatic N) is 1. The normalized spacial score (nSPS) is 10.1. The molecule has 1 heterocycles. The molecular weight excluding hydrogens is 272 g/mol. The fraction of sp³-hybridized carbons (Fsp3) is 0.455. The maximum absolute atomic E-state index is 11.4. The Morgan fingerprint density at radius 3 is 3.06 bits per heavy atom. The predicted molar refractivity (Wildman–Crippen MR) is 66.3 cm³/mol. The third-order valence-corrected chi connectivity index (χ3v) is 2.30. The second kappa shape index (κ2) is 7.35. The van der Waals surface area contributed by atoms with Crippen LogP contribution in [0.4, 0.5) is 5.82 Å². The molecule has 0 saturated heterocycles. The summed E-state index contributed by atoms with van der Waals surface area (Å²) in [5.41, 5.74) is 0. The van der Waals surface area contributed by atoms with Gasteiger partial charge in [0.2, 0.25) is 5.91 Å². The highest BCUT2D eigenvalue weighted by Crippen LogP contribution is 2.12. The van der Waals surface area contributed by atoms with Crippen molar-refractivity contribution in [3.63, 3.8) is 0 Å². The minimum atomic E-state index is -0.0818. The lowest BCUT2D eigenvalue weighted by Crippen LogP contribution is -2.15. The lowest BCUT2D eigenvalue weighted by Gasteiger charge is -2.04. The quantitative estimate of drug-likeness (QED) is 0.818. The summed E-state index contributed by atoms with van der Waals surface area (Å²) < 4.78 is 6.11. The van der Waals surface area contributed by atoms with Crippen LogP contribution < -0.4 is 5.32 Å². The lowest BCUT2D eigenvalue weighted by atomic mass is 10.4. The molecule has 0 aliphatic carbocycles. The van der Waals surface area contributed by atoms with Gasteiger partial charge < -0.3 is 10.1 Å². The Hall–Kier alpha value is -0.940. The van der Waals surface area contributed by atoms with Crippen molar-refractivity contribution >= 4 is 27.7 Å². The van der Waals surface area contributed by atoms with Crippen molar-refractivity contribution in [1.29, 1.82) is 0 Å². The molecule has 1 rings (SSSR count). The molecule has 0 radical (unpaired) electrons. The number of ether oxygens (including phenoxy) is 1. The number of carbonyl (C=O) groups excluding carboxylic acids is 1. The average molecular weight is 287 g/mol. The van der Waals surface area contributed by atoms with E-state index in [4.69, 9.17) is 4.74 Å². The van der Waals surface area contributed by atoms with Gasteiger partial charge in [-0.15, -0.1) is 0 Å². The van der Waals surface area contributed by atoms with Gasteiger partial charge in [-0.05, 0) is 18.6 Å². The third kappa shape index (κ3) is 5.23. The van der Waals surface area contributed by atoms with Crippen molar-refractivity contribution in [2.24, 2.45) is 0 Å². The molecular formula is C11H15BrN2O2. The number of hydrogen-bond donors (Lipinski definition) is 1. The number of carbonyl (C=O) groups is 1. The van der Waals surface area contributed by atoms with Gasteiger partial charge in [-0.3, -0.25) is 4.79 Å². The van der Waals surface area contributed by atoms with E-state index in [9.17, 15) is 4.79 Å². The Balaban J connectivity index is 2.29. The van der Waals surface area contributed by atoms with Crippen molar-refractivity contribution in [2.75, 3.05) is 18.5 Å². The van der Waals surface area contributed by atoms with E-state index < -0.39 is 0 Å². The molecule has 0 aliphatic rings. The fourth-order valence-electron chi connectivity index (χ4n) is 1.09. The summed E-state index contributed by atoms with van der Waals surface area (Å²) in [5.74, 6) is 0.469. The Kier molecular flexibility index (Phi) is 6.03. The first kappa shape index (κ1) is 13.1. The van der Waals surface area contributed by atoms with E-state index in [-0.39, 0.29) is 5.91 Å². The van der Waals surface area contributed by atoms with Crippen LogP contribution in [0.25, 0.3) is 0 Å². The van der Waals surface area contributed by atoms with Crippen molar-refractivity contribution in [2.45, 2.75) is 19.8 Å². The molecule has 0 atom stereocenters. The number of halogens is 1. The number of anilines is 1.